The number of carbonyl (C=O) groups excluding carboxylic acids is 1. The van der Waals surface area contributed by atoms with E-state index < -0.39 is 0 Å². The van der Waals surface area contributed by atoms with Crippen molar-refractivity contribution >= 4 is 34.8 Å². The number of nitrogens with one attached hydrogen (secondary N) is 1. The van der Waals surface area contributed by atoms with Gasteiger partial charge in [0.05, 0.1) is 17.3 Å². The molecule has 3 rings (SSSR count). The quantitative estimate of drug-likeness (QED) is 0.597. The van der Waals surface area contributed by atoms with E-state index in [1.165, 1.54) is 0 Å². The molecule has 0 fully saturated rings. The van der Waals surface area contributed by atoms with E-state index >= 15 is 0 Å². The van der Waals surface area contributed by atoms with E-state index in [0.29, 0.717) is 40.5 Å². The van der Waals surface area contributed by atoms with Crippen LogP contribution in [0.3, 0.4) is 0 Å². The first-order valence-electron chi connectivity index (χ1n) is 8.36. The summed E-state index contributed by atoms with van der Waals surface area (Å²) in [5.41, 5.74) is 1.32. The van der Waals surface area contributed by atoms with Gasteiger partial charge >= 0.3 is 0 Å². The Morgan fingerprint density at radius 3 is 2.67 bits per heavy atom. The molecule has 0 aliphatic rings. The van der Waals surface area contributed by atoms with Crippen LogP contribution in [-0.2, 0) is 11.2 Å². The van der Waals surface area contributed by atoms with Gasteiger partial charge in [0.2, 0.25) is 17.6 Å². The molecule has 6 nitrogen and oxygen atoms in total. The second-order valence-corrected chi connectivity index (χ2v) is 6.49. The number of carbonyl (C=O) groups is 1. The minimum Gasteiger partial charge on any atom is -0.494 e. The van der Waals surface area contributed by atoms with Crippen molar-refractivity contribution in [3.8, 4) is 17.1 Å². The van der Waals surface area contributed by atoms with Gasteiger partial charge < -0.3 is 14.6 Å². The van der Waals surface area contributed by atoms with E-state index in [9.17, 15) is 4.79 Å². The highest BCUT2D eigenvalue weighted by Crippen LogP contribution is 2.25. The summed E-state index contributed by atoms with van der Waals surface area (Å²) in [5, 5.41) is 7.57. The van der Waals surface area contributed by atoms with Gasteiger partial charge in [0.15, 0.2) is 0 Å². The standard InChI is InChI=1S/C19H17Cl2N3O3/c1-2-26-14-6-3-12(4-7-14)19-23-18(27-24-19)10-9-17(25)22-16-8-5-13(20)11-15(16)21/h3-8,11H,2,9-10H2,1H3,(H,22,25). The summed E-state index contributed by atoms with van der Waals surface area (Å²) in [6.45, 7) is 2.53. The molecule has 1 aromatic heterocycles. The Bertz CT molecular complexity index is 926. The summed E-state index contributed by atoms with van der Waals surface area (Å²) in [6, 6.07) is 12.3. The van der Waals surface area contributed by atoms with Crippen LogP contribution in [0.25, 0.3) is 11.4 Å². The molecule has 0 radical (unpaired) electrons. The van der Waals surface area contributed by atoms with Crippen molar-refractivity contribution in [2.75, 3.05) is 11.9 Å². The number of halogens is 2. The van der Waals surface area contributed by atoms with E-state index in [1.54, 1.807) is 18.2 Å². The summed E-state index contributed by atoms with van der Waals surface area (Å²) >= 11 is 11.9. The molecule has 0 unspecified atom stereocenters. The maximum absolute atomic E-state index is 12.1. The lowest BCUT2D eigenvalue weighted by Gasteiger charge is -2.06. The number of ether oxygens (including phenoxy) is 1. The third kappa shape index (κ3) is 5.21. The van der Waals surface area contributed by atoms with Gasteiger partial charge in [-0.15, -0.1) is 0 Å². The first kappa shape index (κ1) is 19.2. The number of hydrogen-bond donors (Lipinski definition) is 1. The van der Waals surface area contributed by atoms with Gasteiger partial charge in [0.1, 0.15) is 5.75 Å². The highest BCUT2D eigenvalue weighted by atomic mass is 35.5. The van der Waals surface area contributed by atoms with Crippen LogP contribution >= 0.6 is 23.2 Å². The van der Waals surface area contributed by atoms with Crippen molar-refractivity contribution in [1.29, 1.82) is 0 Å². The van der Waals surface area contributed by atoms with Gasteiger partial charge in [-0.25, -0.2) is 0 Å². The second kappa shape index (κ2) is 8.88. The molecule has 27 heavy (non-hydrogen) atoms. The zero-order valence-electron chi connectivity index (χ0n) is 14.5. The summed E-state index contributed by atoms with van der Waals surface area (Å²) < 4.78 is 10.6. The zero-order chi connectivity index (χ0) is 19.2. The molecule has 0 bridgehead atoms. The molecule has 0 saturated carbocycles. The molecule has 0 atom stereocenters. The number of benzene rings is 2. The molecule has 2 aromatic carbocycles. The smallest absolute Gasteiger partial charge is 0.227 e. The molecule has 0 saturated heterocycles. The van der Waals surface area contributed by atoms with Gasteiger partial charge in [-0.2, -0.15) is 4.98 Å². The molecule has 140 valence electrons. The highest BCUT2D eigenvalue weighted by molar-refractivity contribution is 6.36. The van der Waals surface area contributed by atoms with Gasteiger partial charge in [-0.3, -0.25) is 4.79 Å². The number of hydrogen-bond acceptors (Lipinski definition) is 5. The predicted octanol–water partition coefficient (Wildman–Crippen LogP) is 5.01. The Morgan fingerprint density at radius 2 is 1.96 bits per heavy atom. The Labute approximate surface area is 166 Å². The first-order chi connectivity index (χ1) is 13.0. The fraction of sp³-hybridized carbons (Fsp3) is 0.211. The third-order valence-electron chi connectivity index (χ3n) is 3.66. The average Bonchev–Trinajstić information content (AvgIpc) is 3.12. The number of aryl methyl sites for hydroxylation is 1. The molecule has 3 aromatic rings. The van der Waals surface area contributed by atoms with Crippen molar-refractivity contribution in [3.63, 3.8) is 0 Å². The Kier molecular flexibility index (Phi) is 6.32. The van der Waals surface area contributed by atoms with Crippen molar-refractivity contribution in [2.45, 2.75) is 19.8 Å². The van der Waals surface area contributed by atoms with E-state index in [1.807, 2.05) is 31.2 Å². The fourth-order valence-electron chi connectivity index (χ4n) is 2.36. The van der Waals surface area contributed by atoms with Crippen molar-refractivity contribution in [3.05, 3.63) is 58.4 Å². The van der Waals surface area contributed by atoms with E-state index in [-0.39, 0.29) is 12.3 Å². The normalized spacial score (nSPS) is 10.6. The van der Waals surface area contributed by atoms with E-state index in [0.717, 1.165) is 11.3 Å². The molecule has 0 spiro atoms. The molecule has 1 N–H and O–H groups in total. The average molecular weight is 406 g/mol. The van der Waals surface area contributed by atoms with Gasteiger partial charge in [0, 0.05) is 23.4 Å². The number of rotatable bonds is 7. The second-order valence-electron chi connectivity index (χ2n) is 5.64. The first-order valence-corrected chi connectivity index (χ1v) is 9.11. The van der Waals surface area contributed by atoms with Crippen LogP contribution in [0.1, 0.15) is 19.2 Å². The van der Waals surface area contributed by atoms with Crippen LogP contribution in [0.15, 0.2) is 47.0 Å². The third-order valence-corrected chi connectivity index (χ3v) is 4.21. The molecule has 1 heterocycles. The number of anilines is 1. The summed E-state index contributed by atoms with van der Waals surface area (Å²) in [6.07, 6.45) is 0.505. The Balaban J connectivity index is 1.56. The monoisotopic (exact) mass is 405 g/mol. The summed E-state index contributed by atoms with van der Waals surface area (Å²) in [5.74, 6) is 1.42. The lowest BCUT2D eigenvalue weighted by Crippen LogP contribution is -2.12. The lowest BCUT2D eigenvalue weighted by molar-refractivity contribution is -0.116. The fourth-order valence-corrected chi connectivity index (χ4v) is 2.82. The Morgan fingerprint density at radius 1 is 1.19 bits per heavy atom. The minimum absolute atomic E-state index is 0.184. The van der Waals surface area contributed by atoms with Crippen molar-refractivity contribution in [2.24, 2.45) is 0 Å². The SMILES string of the molecule is CCOc1ccc(-c2noc(CCC(=O)Nc3ccc(Cl)cc3Cl)n2)cc1. The Hall–Kier alpha value is -2.57. The molecular weight excluding hydrogens is 389 g/mol. The van der Waals surface area contributed by atoms with Gasteiger partial charge in [0.25, 0.3) is 0 Å². The van der Waals surface area contributed by atoms with Gasteiger partial charge in [-0.1, -0.05) is 28.4 Å². The lowest BCUT2D eigenvalue weighted by atomic mass is 10.2. The topological polar surface area (TPSA) is 77.2 Å². The molecular formula is C19H17Cl2N3O3. The minimum atomic E-state index is -0.208. The van der Waals surface area contributed by atoms with Crippen molar-refractivity contribution in [1.82, 2.24) is 10.1 Å². The maximum atomic E-state index is 12.1. The number of nitrogens with zero attached hydrogens (tertiary/aromatic N) is 2. The van der Waals surface area contributed by atoms with Gasteiger partial charge in [-0.05, 0) is 49.4 Å². The molecule has 0 aliphatic carbocycles. The number of amides is 1. The van der Waals surface area contributed by atoms with E-state index in [4.69, 9.17) is 32.5 Å². The van der Waals surface area contributed by atoms with E-state index in [2.05, 4.69) is 15.5 Å². The predicted molar refractivity (Wildman–Crippen MR) is 104 cm³/mol. The van der Waals surface area contributed by atoms with Crippen LogP contribution in [0, 0.1) is 0 Å². The van der Waals surface area contributed by atoms with Crippen LogP contribution < -0.4 is 10.1 Å². The summed E-state index contributed by atoms with van der Waals surface area (Å²) in [4.78, 5) is 16.4. The summed E-state index contributed by atoms with van der Waals surface area (Å²) in [7, 11) is 0. The number of aromatic nitrogens is 2. The van der Waals surface area contributed by atoms with Crippen molar-refractivity contribution < 1.29 is 14.1 Å². The van der Waals surface area contributed by atoms with Crippen LogP contribution in [0.4, 0.5) is 5.69 Å². The van der Waals surface area contributed by atoms with Crippen LogP contribution in [-0.4, -0.2) is 22.7 Å². The zero-order valence-corrected chi connectivity index (χ0v) is 16.0. The molecule has 0 aliphatic heterocycles. The van der Waals surface area contributed by atoms with Crippen LogP contribution in [0.5, 0.6) is 5.75 Å². The largest absolute Gasteiger partial charge is 0.494 e. The molecule has 1 amide bonds. The highest BCUT2D eigenvalue weighted by Gasteiger charge is 2.12. The maximum Gasteiger partial charge on any atom is 0.227 e. The molecule has 8 heteroatoms. The van der Waals surface area contributed by atoms with Crippen LogP contribution in [0.2, 0.25) is 10.0 Å².